The van der Waals surface area contributed by atoms with Crippen molar-refractivity contribution in [3.63, 3.8) is 0 Å². The van der Waals surface area contributed by atoms with Gasteiger partial charge in [-0.15, -0.1) is 0 Å². The van der Waals surface area contributed by atoms with Gasteiger partial charge in [0.25, 0.3) is 0 Å². The number of benzene rings is 2. The van der Waals surface area contributed by atoms with Crippen molar-refractivity contribution in [3.05, 3.63) is 60.6 Å². The fourth-order valence-electron chi connectivity index (χ4n) is 3.02. The lowest BCUT2D eigenvalue weighted by Crippen LogP contribution is -2.15. The molecule has 31 heavy (non-hydrogen) atoms. The number of fused-ring (bicyclic) bond motifs is 1. The Bertz CT molecular complexity index is 1330. The molecule has 10 heteroatoms. The number of nitrogens with zero attached hydrogens (tertiary/aromatic N) is 3. The average Bonchev–Trinajstić information content (AvgIpc) is 3.30. The topological polar surface area (TPSA) is 128 Å². The van der Waals surface area contributed by atoms with Crippen LogP contribution < -0.4 is 19.9 Å². The van der Waals surface area contributed by atoms with E-state index < -0.39 is 9.71 Å². The van der Waals surface area contributed by atoms with Gasteiger partial charge in [-0.3, -0.25) is 10.2 Å². The van der Waals surface area contributed by atoms with Gasteiger partial charge in [-0.1, -0.05) is 12.1 Å². The van der Waals surface area contributed by atoms with Crippen molar-refractivity contribution < 1.29 is 13.7 Å². The maximum Gasteiger partial charge on any atom is 0.163 e. The maximum atomic E-state index is 12.4. The van der Waals surface area contributed by atoms with E-state index in [1.807, 2.05) is 18.2 Å². The van der Waals surface area contributed by atoms with Gasteiger partial charge < -0.3 is 14.8 Å². The number of anilines is 2. The zero-order valence-corrected chi connectivity index (χ0v) is 17.8. The standard InChI is InChI=1S/C21H22N6O3S/c1-3-31(22,28)15-6-4-5-14(9-15)12-30-19-11-17-16(10-18(19)29-2)21(24-13-23-17)26-20-7-8-25-27-20/h3-11,13H,12H2,1-2H3,(H2,22,28)(H2,23,24,25,26,27). The molecule has 0 bridgehead atoms. The molecule has 4 N–H and O–H groups in total. The minimum Gasteiger partial charge on any atom is -0.493 e. The third-order valence-electron chi connectivity index (χ3n) is 4.69. The lowest BCUT2D eigenvalue weighted by atomic mass is 10.2. The van der Waals surface area contributed by atoms with E-state index in [9.17, 15) is 4.21 Å². The number of nitrogens with one attached hydrogen (secondary N) is 2. The number of hydrogen-bond donors (Lipinski definition) is 3. The third kappa shape index (κ3) is 4.44. The molecule has 1 atom stereocenters. The predicted molar refractivity (Wildman–Crippen MR) is 121 cm³/mol. The minimum atomic E-state index is -2.66. The van der Waals surface area contributed by atoms with E-state index in [0.29, 0.717) is 33.5 Å². The summed E-state index contributed by atoms with van der Waals surface area (Å²) in [6.45, 7) is 1.93. The first-order chi connectivity index (χ1) is 15.0. The van der Waals surface area contributed by atoms with Gasteiger partial charge in [0.2, 0.25) is 0 Å². The molecule has 0 saturated heterocycles. The van der Waals surface area contributed by atoms with Crippen LogP contribution in [0.3, 0.4) is 0 Å². The van der Waals surface area contributed by atoms with Crippen LogP contribution in [0, 0.1) is 0 Å². The molecule has 0 radical (unpaired) electrons. The Morgan fingerprint density at radius 2 is 2.06 bits per heavy atom. The molecule has 1 unspecified atom stereocenters. The SMILES string of the molecule is CC=S(N)(=O)c1cccc(COc2cc3ncnc(Nc4ccn[nH]4)c3cc2OC)c1. The van der Waals surface area contributed by atoms with E-state index in [0.717, 1.165) is 10.9 Å². The van der Waals surface area contributed by atoms with Gasteiger partial charge >= 0.3 is 0 Å². The second kappa shape index (κ2) is 8.62. The number of rotatable bonds is 7. The maximum absolute atomic E-state index is 12.4. The van der Waals surface area contributed by atoms with Crippen LogP contribution in [-0.2, 0) is 16.3 Å². The van der Waals surface area contributed by atoms with Gasteiger partial charge in [-0.25, -0.2) is 14.2 Å². The molecule has 0 amide bonds. The second-order valence-electron chi connectivity index (χ2n) is 6.66. The quantitative estimate of drug-likeness (QED) is 0.378. The molecule has 0 spiro atoms. The van der Waals surface area contributed by atoms with Crippen molar-refractivity contribution in [2.24, 2.45) is 5.14 Å². The van der Waals surface area contributed by atoms with Crippen LogP contribution in [0.4, 0.5) is 11.6 Å². The average molecular weight is 439 g/mol. The molecule has 2 aromatic heterocycles. The molecule has 2 heterocycles. The zero-order chi connectivity index (χ0) is 21.8. The highest BCUT2D eigenvalue weighted by molar-refractivity contribution is 7.99. The molecule has 4 aromatic rings. The minimum absolute atomic E-state index is 0.249. The lowest BCUT2D eigenvalue weighted by molar-refractivity contribution is 0.285. The van der Waals surface area contributed by atoms with Crippen molar-refractivity contribution in [3.8, 4) is 11.5 Å². The molecule has 0 saturated carbocycles. The van der Waals surface area contributed by atoms with Gasteiger partial charge in [-0.05, 0) is 36.1 Å². The first-order valence-corrected chi connectivity index (χ1v) is 11.1. The molecule has 0 aliphatic heterocycles. The van der Waals surface area contributed by atoms with Crippen LogP contribution in [0.2, 0.25) is 0 Å². The highest BCUT2D eigenvalue weighted by atomic mass is 32.2. The van der Waals surface area contributed by atoms with Crippen molar-refractivity contribution in [1.82, 2.24) is 20.2 Å². The third-order valence-corrected chi connectivity index (χ3v) is 6.38. The monoisotopic (exact) mass is 438 g/mol. The van der Waals surface area contributed by atoms with Crippen LogP contribution >= 0.6 is 0 Å². The molecular weight excluding hydrogens is 416 g/mol. The van der Waals surface area contributed by atoms with Crippen LogP contribution in [0.1, 0.15) is 12.5 Å². The smallest absolute Gasteiger partial charge is 0.163 e. The van der Waals surface area contributed by atoms with Gasteiger partial charge in [0.15, 0.2) is 11.5 Å². The fourth-order valence-corrected chi connectivity index (χ4v) is 3.92. The highest BCUT2D eigenvalue weighted by Crippen LogP contribution is 2.35. The zero-order valence-electron chi connectivity index (χ0n) is 17.0. The Balaban J connectivity index is 1.63. The van der Waals surface area contributed by atoms with Crippen LogP contribution in [0.15, 0.2) is 59.9 Å². The first kappa shape index (κ1) is 20.6. The molecule has 160 valence electrons. The Hall–Kier alpha value is -3.63. The molecule has 0 aliphatic carbocycles. The molecular formula is C21H22N6O3S. The molecule has 0 fully saturated rings. The number of methoxy groups -OCH3 is 1. The summed E-state index contributed by atoms with van der Waals surface area (Å²) in [5, 5.41) is 18.1. The molecule has 0 aliphatic rings. The number of aromatic amines is 1. The summed E-state index contributed by atoms with van der Waals surface area (Å²) in [6, 6.07) is 12.6. The Labute approximate surface area is 179 Å². The predicted octanol–water partition coefficient (Wildman–Crippen LogP) is 3.02. The summed E-state index contributed by atoms with van der Waals surface area (Å²) >= 11 is 0. The normalized spacial score (nSPS) is 12.9. The summed E-state index contributed by atoms with van der Waals surface area (Å²) < 4.78 is 23.9. The number of ether oxygens (including phenoxy) is 2. The van der Waals surface area contributed by atoms with E-state index in [1.54, 1.807) is 44.5 Å². The second-order valence-corrected chi connectivity index (χ2v) is 8.90. The summed E-state index contributed by atoms with van der Waals surface area (Å²) in [5.41, 5.74) is 1.52. The first-order valence-electron chi connectivity index (χ1n) is 9.42. The van der Waals surface area contributed by atoms with E-state index in [-0.39, 0.29) is 6.61 Å². The van der Waals surface area contributed by atoms with Crippen molar-refractivity contribution >= 4 is 37.6 Å². The summed E-state index contributed by atoms with van der Waals surface area (Å²) in [7, 11) is -1.09. The van der Waals surface area contributed by atoms with Crippen molar-refractivity contribution in [1.29, 1.82) is 0 Å². The van der Waals surface area contributed by atoms with Crippen LogP contribution in [0.5, 0.6) is 11.5 Å². The van der Waals surface area contributed by atoms with E-state index in [1.165, 1.54) is 11.7 Å². The number of hydrogen-bond acceptors (Lipinski definition) is 7. The summed E-state index contributed by atoms with van der Waals surface area (Å²) in [5.74, 6) is 2.39. The van der Waals surface area contributed by atoms with Gasteiger partial charge in [0.1, 0.15) is 24.6 Å². The number of aromatic nitrogens is 4. The molecule has 9 nitrogen and oxygen atoms in total. The van der Waals surface area contributed by atoms with Crippen molar-refractivity contribution in [2.45, 2.75) is 18.4 Å². The van der Waals surface area contributed by atoms with E-state index in [2.05, 4.69) is 25.5 Å². The van der Waals surface area contributed by atoms with Gasteiger partial charge in [0, 0.05) is 22.4 Å². The molecule has 4 rings (SSSR count). The van der Waals surface area contributed by atoms with Crippen LogP contribution in [-0.4, -0.2) is 36.9 Å². The summed E-state index contributed by atoms with van der Waals surface area (Å²) in [4.78, 5) is 9.22. The van der Waals surface area contributed by atoms with Gasteiger partial charge in [-0.2, -0.15) is 5.10 Å². The van der Waals surface area contributed by atoms with Crippen molar-refractivity contribution in [2.75, 3.05) is 12.4 Å². The Morgan fingerprint density at radius 3 is 2.81 bits per heavy atom. The summed E-state index contributed by atoms with van der Waals surface area (Å²) in [6.07, 6.45) is 3.12. The molecule has 2 aromatic carbocycles. The van der Waals surface area contributed by atoms with Gasteiger partial charge in [0.05, 0.1) is 28.5 Å². The lowest BCUT2D eigenvalue weighted by Gasteiger charge is -2.14. The number of nitrogens with two attached hydrogens (primary N) is 1. The highest BCUT2D eigenvalue weighted by Gasteiger charge is 2.13. The fraction of sp³-hybridized carbons (Fsp3) is 0.143. The largest absolute Gasteiger partial charge is 0.493 e. The van der Waals surface area contributed by atoms with Crippen LogP contribution in [0.25, 0.3) is 10.9 Å². The Kier molecular flexibility index (Phi) is 5.74. The van der Waals surface area contributed by atoms with E-state index >= 15 is 0 Å². The number of H-pyrrole nitrogens is 1. The Morgan fingerprint density at radius 1 is 1.19 bits per heavy atom. The van der Waals surface area contributed by atoms with E-state index in [4.69, 9.17) is 14.6 Å².